The number of likely N-dealkylation sites (N-methyl/N-ethyl adjacent to an activating group) is 1. The molecule has 0 unspecified atom stereocenters. The van der Waals surface area contributed by atoms with E-state index in [1.807, 2.05) is 12.1 Å². The molecule has 1 N–H and O–H groups in total. The standard InChI is InChI=1S/C18H26N2O3/c1-19(12-14-6-2-5-9-17(14)21)18(22)16-13-23-11-10-20(16)15-7-3-4-8-15/h2,5-6,9,15-16,21H,3-4,7-8,10-13H2,1H3/t16-/m1/s1. The normalized spacial score (nSPS) is 23.1. The number of para-hydroxylation sites is 1. The fraction of sp³-hybridized carbons (Fsp3) is 0.611. The average molecular weight is 318 g/mol. The lowest BCUT2D eigenvalue weighted by atomic mass is 10.1. The first-order valence-corrected chi connectivity index (χ1v) is 8.52. The number of carbonyl (C=O) groups excluding carboxylic acids is 1. The van der Waals surface area contributed by atoms with Crippen molar-refractivity contribution in [2.45, 2.75) is 44.3 Å². The topological polar surface area (TPSA) is 53.0 Å². The summed E-state index contributed by atoms with van der Waals surface area (Å²) in [7, 11) is 1.80. The summed E-state index contributed by atoms with van der Waals surface area (Å²) in [5.41, 5.74) is 0.771. The number of phenolic OH excluding ortho intramolecular Hbond substituents is 1. The van der Waals surface area contributed by atoms with E-state index < -0.39 is 0 Å². The minimum Gasteiger partial charge on any atom is -0.508 e. The maximum atomic E-state index is 12.9. The van der Waals surface area contributed by atoms with Crippen LogP contribution in [0.25, 0.3) is 0 Å². The fourth-order valence-electron chi connectivity index (χ4n) is 3.73. The van der Waals surface area contributed by atoms with Crippen molar-refractivity contribution in [3.05, 3.63) is 29.8 Å². The lowest BCUT2D eigenvalue weighted by Crippen LogP contribution is -2.56. The van der Waals surface area contributed by atoms with E-state index in [-0.39, 0.29) is 17.7 Å². The van der Waals surface area contributed by atoms with E-state index in [2.05, 4.69) is 4.90 Å². The largest absolute Gasteiger partial charge is 0.508 e. The zero-order valence-electron chi connectivity index (χ0n) is 13.8. The van der Waals surface area contributed by atoms with Gasteiger partial charge in [-0.1, -0.05) is 31.0 Å². The maximum absolute atomic E-state index is 12.9. The quantitative estimate of drug-likeness (QED) is 0.922. The molecule has 1 saturated heterocycles. The highest BCUT2D eigenvalue weighted by Gasteiger charge is 2.36. The molecule has 126 valence electrons. The Kier molecular flexibility index (Phi) is 5.18. The molecule has 1 aliphatic carbocycles. The number of phenols is 1. The van der Waals surface area contributed by atoms with Gasteiger partial charge in [0.05, 0.1) is 13.2 Å². The molecule has 0 aromatic heterocycles. The predicted octanol–water partition coefficient (Wildman–Crippen LogP) is 1.99. The van der Waals surface area contributed by atoms with Gasteiger partial charge in [-0.2, -0.15) is 0 Å². The summed E-state index contributed by atoms with van der Waals surface area (Å²) in [4.78, 5) is 17.0. The monoisotopic (exact) mass is 318 g/mol. The first-order chi connectivity index (χ1) is 11.2. The first-order valence-electron chi connectivity index (χ1n) is 8.52. The van der Waals surface area contributed by atoms with Gasteiger partial charge < -0.3 is 14.7 Å². The van der Waals surface area contributed by atoms with Crippen molar-refractivity contribution in [1.29, 1.82) is 0 Å². The molecule has 5 nitrogen and oxygen atoms in total. The van der Waals surface area contributed by atoms with Crippen LogP contribution in [0, 0.1) is 0 Å². The van der Waals surface area contributed by atoms with Gasteiger partial charge in [-0.3, -0.25) is 9.69 Å². The average Bonchev–Trinajstić information content (AvgIpc) is 3.10. The minimum absolute atomic E-state index is 0.0832. The molecule has 23 heavy (non-hydrogen) atoms. The highest BCUT2D eigenvalue weighted by atomic mass is 16.5. The van der Waals surface area contributed by atoms with Crippen LogP contribution in [0.1, 0.15) is 31.2 Å². The molecule has 1 amide bonds. The maximum Gasteiger partial charge on any atom is 0.242 e. The Morgan fingerprint density at radius 2 is 2.09 bits per heavy atom. The number of rotatable bonds is 4. The second-order valence-electron chi connectivity index (χ2n) is 6.59. The number of benzene rings is 1. The van der Waals surface area contributed by atoms with Gasteiger partial charge in [0.15, 0.2) is 0 Å². The molecule has 0 bridgehead atoms. The molecule has 1 aromatic rings. The van der Waals surface area contributed by atoms with Crippen molar-refractivity contribution in [2.24, 2.45) is 0 Å². The Morgan fingerprint density at radius 3 is 2.83 bits per heavy atom. The summed E-state index contributed by atoms with van der Waals surface area (Å²) in [6.45, 7) is 2.44. The van der Waals surface area contributed by atoms with Crippen LogP contribution in [0.15, 0.2) is 24.3 Å². The van der Waals surface area contributed by atoms with Crippen molar-refractivity contribution in [2.75, 3.05) is 26.8 Å². The Hall–Kier alpha value is -1.59. The number of hydrogen-bond donors (Lipinski definition) is 1. The van der Waals surface area contributed by atoms with E-state index in [0.29, 0.717) is 25.8 Å². The molecule has 3 rings (SSSR count). The van der Waals surface area contributed by atoms with Crippen molar-refractivity contribution in [3.63, 3.8) is 0 Å². The molecular weight excluding hydrogens is 292 g/mol. The molecular formula is C18H26N2O3. The predicted molar refractivity (Wildman–Crippen MR) is 88.1 cm³/mol. The van der Waals surface area contributed by atoms with E-state index >= 15 is 0 Å². The van der Waals surface area contributed by atoms with Gasteiger partial charge in [-0.05, 0) is 18.9 Å². The van der Waals surface area contributed by atoms with Crippen molar-refractivity contribution < 1.29 is 14.6 Å². The molecule has 0 spiro atoms. The van der Waals surface area contributed by atoms with Gasteiger partial charge in [0.1, 0.15) is 11.8 Å². The summed E-state index contributed by atoms with van der Waals surface area (Å²) < 4.78 is 5.58. The Balaban J connectivity index is 1.68. The Labute approximate surface area is 137 Å². The van der Waals surface area contributed by atoms with Crippen LogP contribution in [0.4, 0.5) is 0 Å². The first kappa shape index (κ1) is 16.3. The highest BCUT2D eigenvalue weighted by Crippen LogP contribution is 2.27. The molecule has 0 radical (unpaired) electrons. The second-order valence-corrected chi connectivity index (χ2v) is 6.59. The number of aromatic hydroxyl groups is 1. The number of nitrogens with zero attached hydrogens (tertiary/aromatic N) is 2. The molecule has 1 aromatic carbocycles. The number of morpholine rings is 1. The van der Waals surface area contributed by atoms with Gasteiger partial charge >= 0.3 is 0 Å². The van der Waals surface area contributed by atoms with Crippen molar-refractivity contribution in [3.8, 4) is 5.75 Å². The summed E-state index contributed by atoms with van der Waals surface area (Å²) >= 11 is 0. The van der Waals surface area contributed by atoms with Gasteiger partial charge in [-0.25, -0.2) is 0 Å². The third-order valence-corrected chi connectivity index (χ3v) is 5.02. The van der Waals surface area contributed by atoms with Crippen LogP contribution in [0.5, 0.6) is 5.75 Å². The smallest absolute Gasteiger partial charge is 0.242 e. The van der Waals surface area contributed by atoms with E-state index in [4.69, 9.17) is 4.74 Å². The fourth-order valence-corrected chi connectivity index (χ4v) is 3.73. The van der Waals surface area contributed by atoms with Gasteiger partial charge in [0.25, 0.3) is 0 Å². The summed E-state index contributed by atoms with van der Waals surface area (Å²) in [5, 5.41) is 9.90. The van der Waals surface area contributed by atoms with Crippen molar-refractivity contribution >= 4 is 5.91 Å². The summed E-state index contributed by atoms with van der Waals surface area (Å²) in [5.74, 6) is 0.319. The molecule has 5 heteroatoms. The zero-order chi connectivity index (χ0) is 16.2. The third-order valence-electron chi connectivity index (χ3n) is 5.02. The van der Waals surface area contributed by atoms with Crippen LogP contribution in [-0.2, 0) is 16.1 Å². The SMILES string of the molecule is CN(Cc1ccccc1O)C(=O)[C@H]1COCCN1C1CCCC1. The van der Waals surface area contributed by atoms with Crippen LogP contribution < -0.4 is 0 Å². The van der Waals surface area contributed by atoms with Gasteiger partial charge in [0.2, 0.25) is 5.91 Å². The van der Waals surface area contributed by atoms with E-state index in [1.165, 1.54) is 25.7 Å². The van der Waals surface area contributed by atoms with Crippen LogP contribution in [0.3, 0.4) is 0 Å². The van der Waals surface area contributed by atoms with Crippen LogP contribution >= 0.6 is 0 Å². The molecule has 1 heterocycles. The van der Waals surface area contributed by atoms with Crippen LogP contribution in [-0.4, -0.2) is 59.7 Å². The summed E-state index contributed by atoms with van der Waals surface area (Å²) in [6.07, 6.45) is 4.90. The lowest BCUT2D eigenvalue weighted by Gasteiger charge is -2.40. The molecule has 2 fully saturated rings. The van der Waals surface area contributed by atoms with Crippen molar-refractivity contribution in [1.82, 2.24) is 9.80 Å². The zero-order valence-corrected chi connectivity index (χ0v) is 13.8. The van der Waals surface area contributed by atoms with Gasteiger partial charge in [-0.15, -0.1) is 0 Å². The van der Waals surface area contributed by atoms with E-state index in [9.17, 15) is 9.90 Å². The molecule has 1 aliphatic heterocycles. The molecule has 1 atom stereocenters. The minimum atomic E-state index is -0.192. The van der Waals surface area contributed by atoms with Gasteiger partial charge in [0, 0.05) is 31.7 Å². The van der Waals surface area contributed by atoms with E-state index in [1.54, 1.807) is 24.1 Å². The second kappa shape index (κ2) is 7.32. The number of amides is 1. The number of ether oxygens (including phenoxy) is 1. The number of hydrogen-bond acceptors (Lipinski definition) is 4. The Bertz CT molecular complexity index is 543. The van der Waals surface area contributed by atoms with Crippen LogP contribution in [0.2, 0.25) is 0 Å². The van der Waals surface area contributed by atoms with E-state index in [0.717, 1.165) is 12.1 Å². The highest BCUT2D eigenvalue weighted by molar-refractivity contribution is 5.82. The Morgan fingerprint density at radius 1 is 1.35 bits per heavy atom. The summed E-state index contributed by atoms with van der Waals surface area (Å²) in [6, 6.07) is 7.50. The third kappa shape index (κ3) is 3.67. The number of carbonyl (C=O) groups is 1. The molecule has 1 saturated carbocycles. The molecule has 2 aliphatic rings. The lowest BCUT2D eigenvalue weighted by molar-refractivity contribution is -0.144.